The van der Waals surface area contributed by atoms with E-state index >= 15 is 0 Å². The molecule has 1 aliphatic heterocycles. The number of nitrogens with zero attached hydrogens (tertiary/aromatic N) is 1. The molecule has 0 spiro atoms. The molecule has 118 valence electrons. The first-order valence-electron chi connectivity index (χ1n) is 7.10. The van der Waals surface area contributed by atoms with E-state index in [0.717, 1.165) is 11.4 Å². The number of benzene rings is 1. The number of carbonyl (C=O) groups excluding carboxylic acids is 2. The third-order valence-electron chi connectivity index (χ3n) is 3.93. The van der Waals surface area contributed by atoms with E-state index in [2.05, 4.69) is 35.6 Å². The van der Waals surface area contributed by atoms with Gasteiger partial charge < -0.3 is 9.64 Å². The zero-order valence-corrected chi connectivity index (χ0v) is 14.2. The molecule has 0 saturated heterocycles. The molecule has 4 nitrogen and oxygen atoms in total. The SMILES string of the molecule is COC(=O)CSCC(=O)/C=C1/N(C)c2ccccc2C1(C)C. The Hall–Kier alpha value is -1.75. The number of thioether (sulfide) groups is 1. The van der Waals surface area contributed by atoms with Crippen LogP contribution in [0.4, 0.5) is 5.69 Å². The highest BCUT2D eigenvalue weighted by Gasteiger charge is 2.38. The lowest BCUT2D eigenvalue weighted by molar-refractivity contribution is -0.137. The number of likely N-dealkylation sites (N-methyl/N-ethyl adjacent to an activating group) is 1. The summed E-state index contributed by atoms with van der Waals surface area (Å²) >= 11 is 1.28. The minimum Gasteiger partial charge on any atom is -0.468 e. The van der Waals surface area contributed by atoms with Crippen molar-refractivity contribution in [2.75, 3.05) is 30.6 Å². The van der Waals surface area contributed by atoms with Crippen LogP contribution in [-0.4, -0.2) is 37.4 Å². The number of hydrogen-bond acceptors (Lipinski definition) is 5. The summed E-state index contributed by atoms with van der Waals surface area (Å²) in [5.41, 5.74) is 3.14. The van der Waals surface area contributed by atoms with E-state index in [1.807, 2.05) is 19.2 Å². The normalized spacial score (nSPS) is 17.5. The zero-order chi connectivity index (χ0) is 16.3. The van der Waals surface area contributed by atoms with Gasteiger partial charge in [0.2, 0.25) is 0 Å². The van der Waals surface area contributed by atoms with Gasteiger partial charge in [0.1, 0.15) is 0 Å². The number of ketones is 1. The van der Waals surface area contributed by atoms with Gasteiger partial charge in [-0.1, -0.05) is 32.0 Å². The molecule has 0 N–H and O–H groups in total. The van der Waals surface area contributed by atoms with E-state index in [9.17, 15) is 9.59 Å². The van der Waals surface area contributed by atoms with Gasteiger partial charge in [0.05, 0.1) is 18.6 Å². The number of ether oxygens (including phenoxy) is 1. The summed E-state index contributed by atoms with van der Waals surface area (Å²) in [5.74, 6) is 0.178. The molecule has 0 radical (unpaired) electrons. The molecule has 1 aliphatic rings. The lowest BCUT2D eigenvalue weighted by Gasteiger charge is -2.23. The minimum atomic E-state index is -0.309. The van der Waals surface area contributed by atoms with Gasteiger partial charge in [-0.05, 0) is 11.6 Å². The fourth-order valence-electron chi connectivity index (χ4n) is 2.75. The maximum absolute atomic E-state index is 12.2. The summed E-state index contributed by atoms with van der Waals surface area (Å²) in [7, 11) is 3.33. The Bertz CT molecular complexity index is 622. The first-order chi connectivity index (χ1) is 10.4. The van der Waals surface area contributed by atoms with E-state index in [1.165, 1.54) is 24.4 Å². The molecular weight excluding hydrogens is 298 g/mol. The fraction of sp³-hybridized carbons (Fsp3) is 0.412. The molecule has 2 rings (SSSR count). The molecule has 0 aliphatic carbocycles. The van der Waals surface area contributed by atoms with Crippen molar-refractivity contribution in [3.63, 3.8) is 0 Å². The van der Waals surface area contributed by atoms with Crippen molar-refractivity contribution in [3.8, 4) is 0 Å². The Balaban J connectivity index is 2.12. The van der Waals surface area contributed by atoms with E-state index in [4.69, 9.17) is 0 Å². The van der Waals surface area contributed by atoms with Crippen molar-refractivity contribution in [3.05, 3.63) is 41.6 Å². The Morgan fingerprint density at radius 2 is 1.95 bits per heavy atom. The lowest BCUT2D eigenvalue weighted by atomic mass is 9.83. The smallest absolute Gasteiger partial charge is 0.315 e. The van der Waals surface area contributed by atoms with E-state index in [1.54, 1.807) is 6.08 Å². The largest absolute Gasteiger partial charge is 0.468 e. The van der Waals surface area contributed by atoms with Gasteiger partial charge in [-0.3, -0.25) is 9.59 Å². The van der Waals surface area contributed by atoms with Gasteiger partial charge in [-0.15, -0.1) is 11.8 Å². The third-order valence-corrected chi connectivity index (χ3v) is 4.86. The summed E-state index contributed by atoms with van der Waals surface area (Å²) in [6.07, 6.45) is 1.70. The van der Waals surface area contributed by atoms with Gasteiger partial charge in [-0.25, -0.2) is 0 Å². The van der Waals surface area contributed by atoms with Crippen molar-refractivity contribution in [1.29, 1.82) is 0 Å². The predicted molar refractivity (Wildman–Crippen MR) is 90.3 cm³/mol. The van der Waals surface area contributed by atoms with Crippen LogP contribution in [-0.2, 0) is 19.7 Å². The molecule has 0 aromatic heterocycles. The van der Waals surface area contributed by atoms with Gasteiger partial charge in [0.25, 0.3) is 0 Å². The van der Waals surface area contributed by atoms with Crippen LogP contribution in [0.2, 0.25) is 0 Å². The van der Waals surface area contributed by atoms with Crippen molar-refractivity contribution in [1.82, 2.24) is 0 Å². The topological polar surface area (TPSA) is 46.6 Å². The summed E-state index contributed by atoms with van der Waals surface area (Å²) in [6.45, 7) is 4.24. The number of fused-ring (bicyclic) bond motifs is 1. The highest BCUT2D eigenvalue weighted by molar-refractivity contribution is 8.00. The van der Waals surface area contributed by atoms with E-state index in [0.29, 0.717) is 0 Å². The Morgan fingerprint density at radius 3 is 2.59 bits per heavy atom. The van der Waals surface area contributed by atoms with Crippen molar-refractivity contribution in [2.45, 2.75) is 19.3 Å². The zero-order valence-electron chi connectivity index (χ0n) is 13.4. The summed E-state index contributed by atoms with van der Waals surface area (Å²) in [5, 5.41) is 0. The Labute approximate surface area is 135 Å². The highest BCUT2D eigenvalue weighted by atomic mass is 32.2. The first kappa shape index (κ1) is 16.6. The summed E-state index contributed by atoms with van der Waals surface area (Å²) in [6, 6.07) is 8.19. The molecule has 0 bridgehead atoms. The van der Waals surface area contributed by atoms with Gasteiger partial charge in [0, 0.05) is 29.9 Å². The maximum Gasteiger partial charge on any atom is 0.315 e. The quantitative estimate of drug-likeness (QED) is 0.617. The number of methoxy groups -OCH3 is 1. The monoisotopic (exact) mass is 319 g/mol. The van der Waals surface area contributed by atoms with Crippen LogP contribution >= 0.6 is 11.8 Å². The maximum atomic E-state index is 12.2. The van der Waals surface area contributed by atoms with Gasteiger partial charge >= 0.3 is 5.97 Å². The molecule has 1 heterocycles. The van der Waals surface area contributed by atoms with Crippen LogP contribution in [0.3, 0.4) is 0 Å². The number of anilines is 1. The van der Waals surface area contributed by atoms with Crippen LogP contribution in [0.5, 0.6) is 0 Å². The second-order valence-corrected chi connectivity index (χ2v) is 6.75. The Kier molecular flexibility index (Phi) is 4.96. The predicted octanol–water partition coefficient (Wildman–Crippen LogP) is 2.77. The number of allylic oxidation sites excluding steroid dienone is 2. The number of hydrogen-bond donors (Lipinski definition) is 0. The van der Waals surface area contributed by atoms with Crippen LogP contribution in [0.1, 0.15) is 19.4 Å². The Morgan fingerprint density at radius 1 is 1.27 bits per heavy atom. The molecule has 0 saturated carbocycles. The number of rotatable bonds is 5. The molecule has 5 heteroatoms. The third kappa shape index (κ3) is 3.19. The number of para-hydroxylation sites is 1. The molecule has 0 atom stereocenters. The first-order valence-corrected chi connectivity index (χ1v) is 8.26. The molecule has 1 aromatic rings. The van der Waals surface area contributed by atoms with Crippen molar-refractivity contribution < 1.29 is 14.3 Å². The van der Waals surface area contributed by atoms with E-state index < -0.39 is 0 Å². The number of esters is 1. The van der Waals surface area contributed by atoms with Gasteiger partial charge in [-0.2, -0.15) is 0 Å². The molecule has 22 heavy (non-hydrogen) atoms. The fourth-order valence-corrected chi connectivity index (χ4v) is 3.42. The van der Waals surface area contributed by atoms with Crippen LogP contribution in [0, 0.1) is 0 Å². The second-order valence-electron chi connectivity index (χ2n) is 5.77. The molecule has 0 unspecified atom stereocenters. The summed E-state index contributed by atoms with van der Waals surface area (Å²) < 4.78 is 4.56. The van der Waals surface area contributed by atoms with Crippen LogP contribution < -0.4 is 4.90 Å². The lowest BCUT2D eigenvalue weighted by Crippen LogP contribution is -2.24. The standard InChI is InChI=1S/C17H21NO3S/c1-17(2)13-7-5-6-8-14(13)18(3)15(17)9-12(19)10-22-11-16(20)21-4/h5-9H,10-11H2,1-4H3/b15-9+. The van der Waals surface area contributed by atoms with Crippen molar-refractivity contribution in [2.24, 2.45) is 0 Å². The molecule has 0 amide bonds. The summed E-state index contributed by atoms with van der Waals surface area (Å²) in [4.78, 5) is 25.3. The van der Waals surface area contributed by atoms with Crippen LogP contribution in [0.25, 0.3) is 0 Å². The number of carbonyl (C=O) groups is 2. The van der Waals surface area contributed by atoms with Gasteiger partial charge in [0.15, 0.2) is 5.78 Å². The minimum absolute atomic E-state index is 0.0108. The van der Waals surface area contributed by atoms with Crippen molar-refractivity contribution >= 4 is 29.2 Å². The molecule has 0 fully saturated rings. The van der Waals surface area contributed by atoms with Crippen LogP contribution in [0.15, 0.2) is 36.0 Å². The second kappa shape index (κ2) is 6.57. The molecular formula is C17H21NO3S. The van der Waals surface area contributed by atoms with E-state index in [-0.39, 0.29) is 28.7 Å². The highest BCUT2D eigenvalue weighted by Crippen LogP contribution is 2.46. The average Bonchev–Trinajstić information content (AvgIpc) is 2.69. The average molecular weight is 319 g/mol. The molecule has 1 aromatic carbocycles.